The van der Waals surface area contributed by atoms with Crippen molar-refractivity contribution in [2.75, 3.05) is 0 Å². The molecule has 0 spiro atoms. The van der Waals surface area contributed by atoms with Crippen molar-refractivity contribution in [3.63, 3.8) is 0 Å². The van der Waals surface area contributed by atoms with Gasteiger partial charge in [0.05, 0.1) is 0 Å². The van der Waals surface area contributed by atoms with Crippen LogP contribution in [0.1, 0.15) is 0 Å². The Kier molecular flexibility index (Phi) is 1850. The molecule has 0 valence electrons. The molecule has 0 aromatic heterocycles. The number of hydrogen-bond donors (Lipinski definition) is 0. The minimum Gasteiger partial charge on any atom is 1.00 e. The summed E-state index contributed by atoms with van der Waals surface area (Å²) in [5.41, 5.74) is 0. The molecular formula is K42+42. The number of rotatable bonds is 0. The summed E-state index contributed by atoms with van der Waals surface area (Å²) in [5, 5.41) is 0. The third-order valence-electron chi connectivity index (χ3n) is 0. The van der Waals surface area contributed by atoms with E-state index < -0.39 is 0 Å². The maximum Gasteiger partial charge on any atom is 1.00 e. The van der Waals surface area contributed by atoms with Gasteiger partial charge in [-0.05, 0) is 0 Å². The fourth-order valence-corrected chi connectivity index (χ4v) is 0. The van der Waals surface area contributed by atoms with E-state index in [0.717, 1.165) is 0 Å². The average molecular weight is 1640 g/mol. The summed E-state index contributed by atoms with van der Waals surface area (Å²) < 4.78 is 0. The Bertz CT molecular complexity index is 0. The van der Waals surface area contributed by atoms with Gasteiger partial charge in [-0.1, -0.05) is 0 Å². The van der Waals surface area contributed by atoms with E-state index in [9.17, 15) is 0 Å². The van der Waals surface area contributed by atoms with E-state index in [2.05, 4.69) is 0 Å². The number of hydrogen-bond acceptors (Lipinski definition) is 0. The van der Waals surface area contributed by atoms with Crippen LogP contribution in [0.15, 0.2) is 0 Å². The fourth-order valence-electron chi connectivity index (χ4n) is 0. The molecule has 0 bridgehead atoms. The zero-order valence-electron chi connectivity index (χ0n) is 42.0. The van der Waals surface area contributed by atoms with Crippen LogP contribution in [-0.2, 0) is 0 Å². The largest absolute Gasteiger partial charge is 1.00 e. The third kappa shape index (κ3) is 267. The molecule has 0 N–H and O–H groups in total. The predicted octanol–water partition coefficient (Wildman–Crippen LogP) is -126. The van der Waals surface area contributed by atoms with Crippen molar-refractivity contribution in [3.8, 4) is 0 Å². The topological polar surface area (TPSA) is 0 Å². The molecule has 0 radical (unpaired) electrons. The molecule has 0 aliphatic rings. The molecule has 0 aliphatic carbocycles. The summed E-state index contributed by atoms with van der Waals surface area (Å²) >= 11 is 0. The van der Waals surface area contributed by atoms with Crippen molar-refractivity contribution in [2.24, 2.45) is 0 Å². The molecule has 0 saturated heterocycles. The van der Waals surface area contributed by atoms with E-state index in [1.54, 1.807) is 0 Å². The molecule has 0 unspecified atom stereocenters. The Hall–Kier alpha value is 68.7. The summed E-state index contributed by atoms with van der Waals surface area (Å²) in [6, 6.07) is 0. The van der Waals surface area contributed by atoms with E-state index in [-0.39, 0.29) is 2160 Å². The van der Waals surface area contributed by atoms with Crippen LogP contribution in [0.3, 0.4) is 0 Å². The van der Waals surface area contributed by atoms with Crippen molar-refractivity contribution < 1.29 is 2160 Å². The first-order valence-corrected chi connectivity index (χ1v) is 0. The van der Waals surface area contributed by atoms with Crippen LogP contribution in [0, 0.1) is 0 Å². The average Bonchev–Trinajstić information content (AvgIpc) is 0. The molecule has 42 heavy (non-hydrogen) atoms. The second-order valence-electron chi connectivity index (χ2n) is 0. The van der Waals surface area contributed by atoms with Gasteiger partial charge in [0, 0.05) is 0 Å². The standard InChI is InChI=1S/42K/q42*+1. The Balaban J connectivity index is 0. The monoisotopic (exact) mass is 1640 g/mol. The molecule has 42 heteroatoms. The first kappa shape index (κ1) is 282. The zero-order chi connectivity index (χ0) is 0. The van der Waals surface area contributed by atoms with Gasteiger partial charge in [-0.2, -0.15) is 0 Å². The van der Waals surface area contributed by atoms with Crippen LogP contribution in [0.4, 0.5) is 0 Å². The van der Waals surface area contributed by atoms with E-state index in [1.807, 2.05) is 0 Å². The summed E-state index contributed by atoms with van der Waals surface area (Å²) in [5.74, 6) is 0. The molecule has 0 atom stereocenters. The Morgan fingerprint density at radius 1 is 0.0238 bits per heavy atom. The van der Waals surface area contributed by atoms with Crippen LogP contribution in [0.5, 0.6) is 0 Å². The predicted molar refractivity (Wildman–Crippen MR) is 0 cm³/mol. The van der Waals surface area contributed by atoms with Crippen LogP contribution in [-0.4, -0.2) is 0 Å². The van der Waals surface area contributed by atoms with Gasteiger partial charge in [0.15, 0.2) is 0 Å². The molecule has 0 nitrogen and oxygen atoms in total. The molecule has 0 saturated carbocycles. The Morgan fingerprint density at radius 2 is 0.0238 bits per heavy atom. The van der Waals surface area contributed by atoms with Gasteiger partial charge in [0.2, 0.25) is 0 Å². The first-order chi connectivity index (χ1) is 0. The normalized spacial score (nSPS) is 0. The quantitative estimate of drug-likeness (QED) is 0.212. The van der Waals surface area contributed by atoms with Crippen LogP contribution < -0.4 is 2160 Å². The van der Waals surface area contributed by atoms with Crippen LogP contribution in [0.25, 0.3) is 0 Å². The second kappa shape index (κ2) is 275. The zero-order valence-corrected chi connectivity index (χ0v) is 173. The van der Waals surface area contributed by atoms with E-state index in [1.165, 1.54) is 0 Å². The molecule has 0 aromatic carbocycles. The van der Waals surface area contributed by atoms with Gasteiger partial charge in [0.25, 0.3) is 0 Å². The van der Waals surface area contributed by atoms with Crippen molar-refractivity contribution in [1.82, 2.24) is 0 Å². The van der Waals surface area contributed by atoms with Crippen molar-refractivity contribution in [3.05, 3.63) is 0 Å². The van der Waals surface area contributed by atoms with Gasteiger partial charge in [0.1, 0.15) is 0 Å². The summed E-state index contributed by atoms with van der Waals surface area (Å²) in [7, 11) is 0. The van der Waals surface area contributed by atoms with Crippen molar-refractivity contribution >= 4 is 0 Å². The second-order valence-corrected chi connectivity index (χ2v) is 0. The van der Waals surface area contributed by atoms with Gasteiger partial charge in [-0.25, -0.2) is 0 Å². The van der Waals surface area contributed by atoms with Crippen molar-refractivity contribution in [1.29, 1.82) is 0 Å². The van der Waals surface area contributed by atoms with E-state index >= 15 is 0 Å². The molecule has 0 rings (SSSR count). The minimum absolute atomic E-state index is 0. The molecule has 0 aromatic rings. The summed E-state index contributed by atoms with van der Waals surface area (Å²) in [6.07, 6.45) is 0. The van der Waals surface area contributed by atoms with Gasteiger partial charge >= 0.3 is 2160 Å². The third-order valence-corrected chi connectivity index (χ3v) is 0. The molecule has 0 heterocycles. The smallest absolute Gasteiger partial charge is 1.00 e. The summed E-state index contributed by atoms with van der Waals surface area (Å²) in [6.45, 7) is 0. The van der Waals surface area contributed by atoms with Gasteiger partial charge in [-0.15, -0.1) is 0 Å². The Labute approximate surface area is 2060 Å². The van der Waals surface area contributed by atoms with Gasteiger partial charge in [-0.3, -0.25) is 0 Å². The van der Waals surface area contributed by atoms with Gasteiger partial charge < -0.3 is 0 Å². The minimum atomic E-state index is 0. The summed E-state index contributed by atoms with van der Waals surface area (Å²) in [4.78, 5) is 0. The first-order valence-electron chi connectivity index (χ1n) is 0. The maximum atomic E-state index is 0. The van der Waals surface area contributed by atoms with E-state index in [0.29, 0.717) is 0 Å². The van der Waals surface area contributed by atoms with Crippen molar-refractivity contribution in [2.45, 2.75) is 0 Å². The van der Waals surface area contributed by atoms with Crippen LogP contribution >= 0.6 is 0 Å². The molecular weight excluding hydrogens is 1640 g/mol. The Morgan fingerprint density at radius 3 is 0.0238 bits per heavy atom. The maximum absolute atomic E-state index is 0. The molecule has 0 fully saturated rings. The fraction of sp³-hybridized carbons (Fsp3) is 0. The molecule has 0 amide bonds. The molecule has 0 aliphatic heterocycles. The van der Waals surface area contributed by atoms with Crippen LogP contribution in [0.2, 0.25) is 0 Å². The SMILES string of the molecule is [K+].[K+].[K+].[K+].[K+].[K+].[K+].[K+].[K+].[K+].[K+].[K+].[K+].[K+].[K+].[K+].[K+].[K+].[K+].[K+].[K+].[K+].[K+].[K+].[K+].[K+].[K+].[K+].[K+].[K+].[K+].[K+].[K+].[K+].[K+].[K+].[K+].[K+].[K+].[K+].[K+].[K+]. The van der Waals surface area contributed by atoms with E-state index in [4.69, 9.17) is 0 Å².